The highest BCUT2D eigenvalue weighted by atomic mass is 19.1. The number of nitrogens with zero attached hydrogens (tertiary/aromatic N) is 1. The number of ketones is 1. The van der Waals surface area contributed by atoms with E-state index >= 15 is 4.39 Å². The Balaban J connectivity index is 1.48. The van der Waals surface area contributed by atoms with Gasteiger partial charge in [-0.3, -0.25) is 4.79 Å². The Morgan fingerprint density at radius 3 is 2.66 bits per heavy atom. The summed E-state index contributed by atoms with van der Waals surface area (Å²) in [4.78, 5) is 12.9. The molecule has 0 radical (unpaired) electrons. The molecular weight excluding hydrogens is 369 g/mol. The molecule has 6 heteroatoms. The van der Waals surface area contributed by atoms with Crippen LogP contribution in [-0.2, 0) is 4.79 Å². The first-order valence-electron chi connectivity index (χ1n) is 11.4. The summed E-state index contributed by atoms with van der Waals surface area (Å²) in [7, 11) is 0. The van der Waals surface area contributed by atoms with Crippen LogP contribution in [0.15, 0.2) is 5.10 Å². The monoisotopic (exact) mass is 405 g/mol. The lowest BCUT2D eigenvalue weighted by atomic mass is 9.48. The van der Waals surface area contributed by atoms with Crippen molar-refractivity contribution in [3.63, 3.8) is 0 Å². The Kier molecular flexibility index (Phi) is 5.60. The fourth-order valence-corrected chi connectivity index (χ4v) is 7.87. The maximum atomic E-state index is 15.3. The van der Waals surface area contributed by atoms with Crippen molar-refractivity contribution in [3.8, 4) is 0 Å². The van der Waals surface area contributed by atoms with Gasteiger partial charge in [-0.2, -0.15) is 5.10 Å². The standard InChI is InChI=1S/C23H36FN3O2/c1-22(29)7-5-15-14-6-8-23(2)18(16(14)11-20(24)17(15)12-22)3-4-19(23)21(28)13-27-26-10-9-25/h9-10,14-20,25,27,29H,3-8,11-13H2,1-2H3/b25-9?,26-10-/t14-,15-,16-,17-,18+,19-,20-,22-,23+/m1/s1. The lowest BCUT2D eigenvalue weighted by molar-refractivity contribution is -0.138. The van der Waals surface area contributed by atoms with E-state index in [2.05, 4.69) is 17.5 Å². The molecule has 0 saturated heterocycles. The number of carbonyl (C=O) groups is 1. The van der Waals surface area contributed by atoms with Crippen molar-refractivity contribution >= 4 is 18.2 Å². The molecule has 4 saturated carbocycles. The predicted molar refractivity (Wildman–Crippen MR) is 112 cm³/mol. The number of carbonyl (C=O) groups excluding carboxylic acids is 1. The Morgan fingerprint density at radius 2 is 1.90 bits per heavy atom. The van der Waals surface area contributed by atoms with Gasteiger partial charge in [-0.1, -0.05) is 6.92 Å². The molecule has 0 amide bonds. The highest BCUT2D eigenvalue weighted by Gasteiger charge is 2.60. The SMILES string of the molecule is C[C@@]1(O)CC[C@@H]2[C@H]3CC[C@]4(C)[C@@H](C(=O)CN/N=C\C=N)CC[C@H]4[C@@H]3C[C@@H](F)[C@@H]2C1. The van der Waals surface area contributed by atoms with Crippen LogP contribution in [0.5, 0.6) is 0 Å². The summed E-state index contributed by atoms with van der Waals surface area (Å²) >= 11 is 0. The largest absolute Gasteiger partial charge is 0.390 e. The molecule has 0 aromatic rings. The second-order valence-corrected chi connectivity index (χ2v) is 10.7. The second-order valence-electron chi connectivity index (χ2n) is 10.7. The summed E-state index contributed by atoms with van der Waals surface area (Å²) in [5, 5.41) is 21.3. The van der Waals surface area contributed by atoms with E-state index < -0.39 is 11.8 Å². The molecule has 0 aliphatic heterocycles. The number of hydrogen-bond acceptors (Lipinski definition) is 5. The molecule has 4 aliphatic carbocycles. The molecule has 4 fully saturated rings. The van der Waals surface area contributed by atoms with Crippen LogP contribution in [0.1, 0.15) is 65.2 Å². The predicted octanol–water partition coefficient (Wildman–Crippen LogP) is 3.75. The summed E-state index contributed by atoms with van der Waals surface area (Å²) < 4.78 is 15.3. The number of nitrogens with one attached hydrogen (secondary N) is 2. The minimum Gasteiger partial charge on any atom is -0.390 e. The number of halogens is 1. The van der Waals surface area contributed by atoms with E-state index in [0.717, 1.165) is 44.7 Å². The highest BCUT2D eigenvalue weighted by Crippen LogP contribution is 2.65. The van der Waals surface area contributed by atoms with Gasteiger partial charge >= 0.3 is 0 Å². The first-order valence-corrected chi connectivity index (χ1v) is 11.4. The number of hydrogen-bond donors (Lipinski definition) is 3. The zero-order chi connectivity index (χ0) is 20.8. The third-order valence-corrected chi connectivity index (χ3v) is 9.13. The Labute approximate surface area is 173 Å². The summed E-state index contributed by atoms with van der Waals surface area (Å²) in [6.45, 7) is 4.35. The van der Waals surface area contributed by atoms with Crippen molar-refractivity contribution < 1.29 is 14.3 Å². The topological polar surface area (TPSA) is 85.5 Å². The van der Waals surface area contributed by atoms with E-state index in [0.29, 0.717) is 36.5 Å². The number of aliphatic hydroxyl groups is 1. The molecule has 0 aromatic carbocycles. The number of hydrazone groups is 1. The average molecular weight is 406 g/mol. The van der Waals surface area contributed by atoms with E-state index in [-0.39, 0.29) is 29.6 Å². The van der Waals surface area contributed by atoms with Crippen LogP contribution < -0.4 is 5.43 Å². The van der Waals surface area contributed by atoms with Gasteiger partial charge in [0.1, 0.15) is 6.17 Å². The number of fused-ring (bicyclic) bond motifs is 5. The second kappa shape index (κ2) is 7.75. The summed E-state index contributed by atoms with van der Waals surface area (Å²) in [6, 6.07) is 0. The molecule has 0 bridgehead atoms. The van der Waals surface area contributed by atoms with Gasteiger partial charge in [-0.15, -0.1) is 0 Å². The van der Waals surface area contributed by atoms with Crippen LogP contribution in [0.25, 0.3) is 0 Å². The normalized spacial score (nSPS) is 49.2. The number of alkyl halides is 1. The van der Waals surface area contributed by atoms with Crippen molar-refractivity contribution in [1.82, 2.24) is 5.43 Å². The average Bonchev–Trinajstić information content (AvgIpc) is 3.02. The van der Waals surface area contributed by atoms with Gasteiger partial charge in [0.05, 0.1) is 18.4 Å². The Hall–Kier alpha value is -1.30. The summed E-state index contributed by atoms with van der Waals surface area (Å²) in [6.07, 6.45) is 8.62. The summed E-state index contributed by atoms with van der Waals surface area (Å²) in [5.74, 6) is 2.02. The van der Waals surface area contributed by atoms with Gasteiger partial charge in [0.2, 0.25) is 0 Å². The fourth-order valence-electron chi connectivity index (χ4n) is 7.87. The van der Waals surface area contributed by atoms with Gasteiger partial charge in [0, 0.05) is 12.1 Å². The smallest absolute Gasteiger partial charge is 0.157 e. The fraction of sp³-hybridized carbons (Fsp3) is 0.870. The van der Waals surface area contributed by atoms with Crippen LogP contribution >= 0.6 is 0 Å². The van der Waals surface area contributed by atoms with Crippen LogP contribution in [-0.4, -0.2) is 41.6 Å². The van der Waals surface area contributed by atoms with E-state index in [1.165, 1.54) is 6.21 Å². The molecule has 5 nitrogen and oxygen atoms in total. The maximum absolute atomic E-state index is 15.3. The molecule has 0 unspecified atom stereocenters. The van der Waals surface area contributed by atoms with E-state index in [1.54, 1.807) is 0 Å². The van der Waals surface area contributed by atoms with Gasteiger partial charge in [-0.05, 0) is 93.3 Å². The third kappa shape index (κ3) is 3.66. The Morgan fingerprint density at radius 1 is 1.17 bits per heavy atom. The molecule has 3 N–H and O–H groups in total. The number of Topliss-reactive ketones (excluding diaryl/α,β-unsaturated/α-hetero) is 1. The van der Waals surface area contributed by atoms with E-state index in [4.69, 9.17) is 5.41 Å². The zero-order valence-electron chi connectivity index (χ0n) is 17.7. The molecule has 9 atom stereocenters. The molecule has 0 aromatic heterocycles. The molecule has 4 rings (SSSR count). The molecule has 4 aliphatic rings. The van der Waals surface area contributed by atoms with Crippen molar-refractivity contribution in [2.75, 3.05) is 6.54 Å². The minimum atomic E-state index is -0.817. The van der Waals surface area contributed by atoms with E-state index in [9.17, 15) is 9.90 Å². The first kappa shape index (κ1) is 21.0. The third-order valence-electron chi connectivity index (χ3n) is 9.13. The van der Waals surface area contributed by atoms with Crippen molar-refractivity contribution in [1.29, 1.82) is 5.41 Å². The van der Waals surface area contributed by atoms with E-state index in [1.807, 2.05) is 6.92 Å². The van der Waals surface area contributed by atoms with Crippen molar-refractivity contribution in [2.24, 2.45) is 46.0 Å². The lowest BCUT2D eigenvalue weighted by Crippen LogP contribution is -2.54. The van der Waals surface area contributed by atoms with Crippen LogP contribution in [0.3, 0.4) is 0 Å². The lowest BCUT2D eigenvalue weighted by Gasteiger charge is -2.57. The number of rotatable bonds is 5. The quantitative estimate of drug-likeness (QED) is 0.481. The molecule has 0 heterocycles. The summed E-state index contributed by atoms with van der Waals surface area (Å²) in [5.41, 5.74) is 2.03. The highest BCUT2D eigenvalue weighted by molar-refractivity contribution is 6.14. The Bertz CT molecular complexity index is 681. The van der Waals surface area contributed by atoms with Crippen LogP contribution in [0.2, 0.25) is 0 Å². The molecule has 162 valence electrons. The minimum absolute atomic E-state index is 0.0130. The van der Waals surface area contributed by atoms with Gasteiger partial charge in [0.15, 0.2) is 5.78 Å². The first-order chi connectivity index (χ1) is 13.8. The van der Waals surface area contributed by atoms with Gasteiger partial charge in [0.25, 0.3) is 0 Å². The van der Waals surface area contributed by atoms with Crippen molar-refractivity contribution in [3.05, 3.63) is 0 Å². The van der Waals surface area contributed by atoms with Crippen LogP contribution in [0.4, 0.5) is 4.39 Å². The van der Waals surface area contributed by atoms with Gasteiger partial charge < -0.3 is 15.9 Å². The van der Waals surface area contributed by atoms with Gasteiger partial charge in [-0.25, -0.2) is 4.39 Å². The molecular formula is C23H36FN3O2. The van der Waals surface area contributed by atoms with Crippen molar-refractivity contribution in [2.45, 2.75) is 77.0 Å². The molecule has 0 spiro atoms. The maximum Gasteiger partial charge on any atom is 0.157 e. The zero-order valence-corrected chi connectivity index (χ0v) is 17.7. The molecule has 29 heavy (non-hydrogen) atoms. The van der Waals surface area contributed by atoms with Crippen LogP contribution in [0, 0.1) is 46.3 Å².